The second-order valence-corrected chi connectivity index (χ2v) is 10.9. The van der Waals surface area contributed by atoms with E-state index in [1.165, 1.54) is 19.1 Å². The van der Waals surface area contributed by atoms with Crippen LogP contribution in [0.3, 0.4) is 0 Å². The van der Waals surface area contributed by atoms with Crippen LogP contribution in [0.25, 0.3) is 0 Å². The second-order valence-electron chi connectivity index (χ2n) is 10.9. The molecule has 3 atom stereocenters. The molecule has 3 aromatic carbocycles. The molecule has 1 aliphatic heterocycles. The number of hydrogen-bond donors (Lipinski definition) is 2. The Hall–Kier alpha value is -4.53. The largest absolute Gasteiger partial charge is 0.481 e. The lowest BCUT2D eigenvalue weighted by atomic mass is 9.78. The quantitative estimate of drug-likeness (QED) is 0.129. The van der Waals surface area contributed by atoms with Crippen LogP contribution in [0.15, 0.2) is 72.8 Å². The first kappa shape index (κ1) is 31.4. The molecule has 0 spiro atoms. The fourth-order valence-corrected chi connectivity index (χ4v) is 5.64. The first-order valence-corrected chi connectivity index (χ1v) is 14.5. The highest BCUT2D eigenvalue weighted by molar-refractivity contribution is 6.03. The van der Waals surface area contributed by atoms with Gasteiger partial charge in [-0.3, -0.25) is 19.2 Å². The molecule has 4 rings (SSSR count). The van der Waals surface area contributed by atoms with Crippen LogP contribution in [0.4, 0.5) is 10.1 Å². The fraction of sp³-hybridized carbons (Fsp3) is 0.353. The monoisotopic (exact) mass is 589 g/mol. The van der Waals surface area contributed by atoms with Gasteiger partial charge in [-0.05, 0) is 85.0 Å². The number of halogens is 1. The summed E-state index contributed by atoms with van der Waals surface area (Å²) in [5, 5.41) is 18.2. The van der Waals surface area contributed by atoms with Crippen LogP contribution in [0.2, 0.25) is 0 Å². The van der Waals surface area contributed by atoms with Crippen molar-refractivity contribution in [3.63, 3.8) is 0 Å². The Morgan fingerprint density at radius 1 is 0.884 bits per heavy atom. The normalized spacial score (nSPS) is 16.9. The van der Waals surface area contributed by atoms with Crippen molar-refractivity contribution in [1.82, 2.24) is 0 Å². The molecular weight excluding hydrogens is 553 g/mol. The molecule has 1 saturated heterocycles. The number of carboxylic acids is 2. The Morgan fingerprint density at radius 3 is 2.05 bits per heavy atom. The summed E-state index contributed by atoms with van der Waals surface area (Å²) in [6.07, 6.45) is 2.04. The number of carbonyl (C=O) groups is 4. The SMILES string of the molecule is CCc1ccc(N2C(=O)[C@H](CC[C@H](OC(C)=O)c3ccc(F)cc3)[C@H]2c2ccc(CCCC(C(=O)O)C(=O)O)cc2)cc1. The number of amides is 1. The Balaban J connectivity index is 1.53. The molecule has 0 unspecified atom stereocenters. The van der Waals surface area contributed by atoms with Crippen molar-refractivity contribution >= 4 is 29.5 Å². The van der Waals surface area contributed by atoms with E-state index >= 15 is 0 Å². The van der Waals surface area contributed by atoms with Gasteiger partial charge in [-0.2, -0.15) is 0 Å². The molecule has 1 heterocycles. The number of benzene rings is 3. The molecular formula is C34H36FNO7. The van der Waals surface area contributed by atoms with E-state index in [-0.39, 0.29) is 24.3 Å². The van der Waals surface area contributed by atoms with Gasteiger partial charge in [-0.15, -0.1) is 0 Å². The third kappa shape index (κ3) is 7.66. The van der Waals surface area contributed by atoms with Crippen molar-refractivity contribution < 1.29 is 38.5 Å². The molecule has 0 aliphatic carbocycles. The van der Waals surface area contributed by atoms with Crippen molar-refractivity contribution in [3.8, 4) is 0 Å². The van der Waals surface area contributed by atoms with Gasteiger partial charge < -0.3 is 19.8 Å². The van der Waals surface area contributed by atoms with Gasteiger partial charge in [0.05, 0.1) is 12.0 Å². The summed E-state index contributed by atoms with van der Waals surface area (Å²) in [5.74, 6) is -5.38. The number of rotatable bonds is 14. The smallest absolute Gasteiger partial charge is 0.317 e. The average Bonchev–Trinajstić information content (AvgIpc) is 2.98. The summed E-state index contributed by atoms with van der Waals surface area (Å²) >= 11 is 0. The Labute approximate surface area is 250 Å². The van der Waals surface area contributed by atoms with E-state index in [1.54, 1.807) is 17.0 Å². The number of carboxylic acid groups (broad SMARTS) is 2. The van der Waals surface area contributed by atoms with Crippen LogP contribution in [0.5, 0.6) is 0 Å². The lowest BCUT2D eigenvalue weighted by Gasteiger charge is -2.48. The van der Waals surface area contributed by atoms with Crippen LogP contribution in [0.1, 0.15) is 73.9 Å². The summed E-state index contributed by atoms with van der Waals surface area (Å²) in [5.41, 5.74) is 4.46. The number of aliphatic carboxylic acids is 2. The van der Waals surface area contributed by atoms with Crippen molar-refractivity contribution in [2.24, 2.45) is 11.8 Å². The van der Waals surface area contributed by atoms with Crippen molar-refractivity contribution in [2.75, 3.05) is 4.90 Å². The predicted molar refractivity (Wildman–Crippen MR) is 158 cm³/mol. The number of nitrogens with zero attached hydrogens (tertiary/aromatic N) is 1. The van der Waals surface area contributed by atoms with Gasteiger partial charge in [0.15, 0.2) is 5.92 Å². The molecule has 0 bridgehead atoms. The zero-order chi connectivity index (χ0) is 31.1. The Morgan fingerprint density at radius 2 is 1.49 bits per heavy atom. The van der Waals surface area contributed by atoms with Crippen LogP contribution in [0, 0.1) is 17.7 Å². The minimum Gasteiger partial charge on any atom is -0.481 e. The van der Waals surface area contributed by atoms with Gasteiger partial charge in [0, 0.05) is 12.6 Å². The molecule has 1 fully saturated rings. The van der Waals surface area contributed by atoms with E-state index < -0.39 is 35.7 Å². The van der Waals surface area contributed by atoms with Crippen LogP contribution < -0.4 is 4.90 Å². The van der Waals surface area contributed by atoms with E-state index in [4.69, 9.17) is 14.9 Å². The Kier molecular flexibility index (Phi) is 10.3. The van der Waals surface area contributed by atoms with Crippen molar-refractivity contribution in [2.45, 2.75) is 64.5 Å². The summed E-state index contributed by atoms with van der Waals surface area (Å²) < 4.78 is 19.1. The number of carbonyl (C=O) groups excluding carboxylic acids is 2. The van der Waals surface area contributed by atoms with Crippen molar-refractivity contribution in [1.29, 1.82) is 0 Å². The fourth-order valence-electron chi connectivity index (χ4n) is 5.64. The highest BCUT2D eigenvalue weighted by atomic mass is 19.1. The standard InChI is InChI=1S/C34H36FNO7/c1-3-22-9-17-27(18-10-22)36-31(25-11-7-23(8-12-25)5-4-6-29(33(39)40)34(41)42)28(32(36)38)19-20-30(43-21(2)37)24-13-15-26(35)16-14-24/h7-18,28-31H,3-6,19-20H2,1-2H3,(H,39,40)(H,41,42)/t28-,30+,31-/m1/s1. The van der Waals surface area contributed by atoms with Gasteiger partial charge >= 0.3 is 17.9 Å². The summed E-state index contributed by atoms with van der Waals surface area (Å²) in [4.78, 5) is 49.5. The second kappa shape index (κ2) is 14.1. The number of anilines is 1. The minimum atomic E-state index is -1.43. The van der Waals surface area contributed by atoms with E-state index in [2.05, 4.69) is 6.92 Å². The molecule has 8 nitrogen and oxygen atoms in total. The van der Waals surface area contributed by atoms with Crippen molar-refractivity contribution in [3.05, 3.63) is 101 Å². The number of β-lactam (4-membered cyclic amide) rings is 1. The molecule has 3 aromatic rings. The van der Waals surface area contributed by atoms with Crippen LogP contribution in [-0.4, -0.2) is 34.0 Å². The summed E-state index contributed by atoms with van der Waals surface area (Å²) in [6, 6.07) is 21.2. The van der Waals surface area contributed by atoms with Gasteiger partial charge in [0.1, 0.15) is 11.9 Å². The maximum Gasteiger partial charge on any atom is 0.317 e. The number of esters is 1. The lowest BCUT2D eigenvalue weighted by Crippen LogP contribution is -2.55. The van der Waals surface area contributed by atoms with Gasteiger partial charge in [-0.1, -0.05) is 55.5 Å². The summed E-state index contributed by atoms with van der Waals surface area (Å²) in [7, 11) is 0. The zero-order valence-corrected chi connectivity index (χ0v) is 24.2. The minimum absolute atomic E-state index is 0.0324. The molecule has 0 saturated carbocycles. The molecule has 9 heteroatoms. The van der Waals surface area contributed by atoms with Crippen LogP contribution >= 0.6 is 0 Å². The van der Waals surface area contributed by atoms with E-state index in [1.807, 2.05) is 48.5 Å². The van der Waals surface area contributed by atoms with Crippen LogP contribution in [-0.2, 0) is 36.8 Å². The van der Waals surface area contributed by atoms with E-state index in [0.29, 0.717) is 31.2 Å². The van der Waals surface area contributed by atoms with E-state index in [0.717, 1.165) is 28.8 Å². The first-order chi connectivity index (χ1) is 20.6. The number of ether oxygens (including phenoxy) is 1. The zero-order valence-electron chi connectivity index (χ0n) is 24.2. The first-order valence-electron chi connectivity index (χ1n) is 14.5. The summed E-state index contributed by atoms with van der Waals surface area (Å²) in [6.45, 7) is 3.38. The number of hydrogen-bond acceptors (Lipinski definition) is 5. The lowest BCUT2D eigenvalue weighted by molar-refractivity contribution is -0.155. The molecule has 0 radical (unpaired) electrons. The molecule has 2 N–H and O–H groups in total. The highest BCUT2D eigenvalue weighted by Crippen LogP contribution is 2.46. The molecule has 1 aliphatic rings. The van der Waals surface area contributed by atoms with Gasteiger partial charge in [0.25, 0.3) is 0 Å². The molecule has 0 aromatic heterocycles. The highest BCUT2D eigenvalue weighted by Gasteiger charge is 2.48. The topological polar surface area (TPSA) is 121 Å². The van der Waals surface area contributed by atoms with Gasteiger partial charge in [0.2, 0.25) is 5.91 Å². The van der Waals surface area contributed by atoms with Gasteiger partial charge in [-0.25, -0.2) is 4.39 Å². The molecule has 226 valence electrons. The maximum absolute atomic E-state index is 13.6. The predicted octanol–water partition coefficient (Wildman–Crippen LogP) is 6.28. The average molecular weight is 590 g/mol. The van der Waals surface area contributed by atoms with E-state index in [9.17, 15) is 23.6 Å². The molecule has 1 amide bonds. The number of aryl methyl sites for hydroxylation is 2. The molecule has 43 heavy (non-hydrogen) atoms. The maximum atomic E-state index is 13.6. The third-order valence-electron chi connectivity index (χ3n) is 8.00. The third-order valence-corrected chi connectivity index (χ3v) is 8.00. The Bertz CT molecular complexity index is 1420.